The first-order valence-corrected chi connectivity index (χ1v) is 4.45. The van der Waals surface area contributed by atoms with E-state index < -0.39 is 0 Å². The van der Waals surface area contributed by atoms with Gasteiger partial charge in [0.25, 0.3) is 0 Å². The fourth-order valence-corrected chi connectivity index (χ4v) is 1.21. The first-order chi connectivity index (χ1) is 3.43. The third-order valence-electron chi connectivity index (χ3n) is 0.726. The zero-order valence-corrected chi connectivity index (χ0v) is 5.70. The van der Waals surface area contributed by atoms with Crippen LogP contribution in [-0.2, 0) is 17.1 Å². The van der Waals surface area contributed by atoms with Crippen molar-refractivity contribution in [2.24, 2.45) is 0 Å². The molecule has 0 radical (unpaired) electrons. The molecule has 7 heavy (non-hydrogen) atoms. The first kappa shape index (κ1) is 5.05. The molecule has 0 amide bonds. The third-order valence-corrected chi connectivity index (χ3v) is 2.12. The fraction of sp³-hybridized carbons (Fsp3) is 0.200. The van der Waals surface area contributed by atoms with E-state index in [1.54, 1.807) is 0 Å². The zero-order chi connectivity index (χ0) is 5.11. The van der Waals surface area contributed by atoms with Crippen LogP contribution in [0, 0.1) is 0 Å². The Hall–Kier alpha value is -0.0966. The number of hydrogen-bond acceptors (Lipinski definition) is 0. The summed E-state index contributed by atoms with van der Waals surface area (Å²) in [5, 5.41) is 0. The maximum atomic E-state index is 3.12. The van der Waals surface area contributed by atoms with E-state index in [4.69, 9.17) is 0 Å². The van der Waals surface area contributed by atoms with Crippen LogP contribution in [0.1, 0.15) is 0 Å². The van der Waals surface area contributed by atoms with Crippen molar-refractivity contribution in [2.45, 2.75) is 5.52 Å². The number of nitrogens with one attached hydrogen (secondary N) is 1. The van der Waals surface area contributed by atoms with E-state index in [0.717, 1.165) is 0 Å². The van der Waals surface area contributed by atoms with Crippen molar-refractivity contribution >= 4 is 4.29 Å². The standard InChI is InChI=1S/C4H4N.CH3.Rh/c1-2-4-5-3-1;;/h1-3,5H;1H3;. The van der Waals surface area contributed by atoms with Crippen LogP contribution >= 0.6 is 0 Å². The summed E-state index contributed by atoms with van der Waals surface area (Å²) in [6.07, 6.45) is 1.96. The van der Waals surface area contributed by atoms with Gasteiger partial charge in [-0.2, -0.15) is 0 Å². The molecule has 0 aromatic carbocycles. The molecule has 0 spiro atoms. The number of H-pyrrole nitrogens is 1. The van der Waals surface area contributed by atoms with Crippen molar-refractivity contribution in [1.82, 2.24) is 4.98 Å². The molecule has 0 bridgehead atoms. The number of hydrogen-bond donors (Lipinski definition) is 1. The topological polar surface area (TPSA) is 15.8 Å². The van der Waals surface area contributed by atoms with Crippen molar-refractivity contribution in [3.8, 4) is 0 Å². The predicted octanol–water partition coefficient (Wildman–Crippen LogP) is 0.771. The Morgan fingerprint density at radius 1 is 1.71 bits per heavy atom. The van der Waals surface area contributed by atoms with Crippen molar-refractivity contribution < 1.29 is 17.1 Å². The molecule has 0 saturated heterocycles. The van der Waals surface area contributed by atoms with Crippen LogP contribution in [0.2, 0.25) is 5.52 Å². The number of aromatic amines is 1. The normalized spacial score (nSPS) is 9.86. The minimum absolute atomic E-state index is 0.587. The van der Waals surface area contributed by atoms with E-state index in [9.17, 15) is 0 Å². The van der Waals surface area contributed by atoms with Crippen LogP contribution in [0.5, 0.6) is 0 Å². The van der Waals surface area contributed by atoms with Crippen LogP contribution in [-0.4, -0.2) is 4.98 Å². The second kappa shape index (κ2) is 2.27. The average molecular weight is 184 g/mol. The van der Waals surface area contributed by atoms with Crippen LogP contribution in [0.4, 0.5) is 0 Å². The van der Waals surface area contributed by atoms with Crippen LogP contribution in [0.3, 0.4) is 0 Å². The average Bonchev–Trinajstić information content (AvgIpc) is 2.14. The van der Waals surface area contributed by atoms with Gasteiger partial charge in [-0.3, -0.25) is 0 Å². The molecule has 1 nitrogen and oxygen atoms in total. The van der Waals surface area contributed by atoms with Gasteiger partial charge in [0.05, 0.1) is 0 Å². The summed E-state index contributed by atoms with van der Waals surface area (Å²) >= 11 is 0.587. The first-order valence-electron chi connectivity index (χ1n) is 1.99. The van der Waals surface area contributed by atoms with Gasteiger partial charge in [-0.05, 0) is 0 Å². The van der Waals surface area contributed by atoms with Gasteiger partial charge in [0.15, 0.2) is 0 Å². The molecule has 0 unspecified atom stereocenters. The molecule has 41 valence electrons. The van der Waals surface area contributed by atoms with Gasteiger partial charge in [0.2, 0.25) is 0 Å². The SMILES string of the molecule is [CH3][Rh][c]1ccc[nH]1. The van der Waals surface area contributed by atoms with E-state index in [1.807, 2.05) is 12.3 Å². The Balaban J connectivity index is 2.76. The Labute approximate surface area is 50.7 Å². The fourth-order valence-electron chi connectivity index (χ4n) is 0.404. The molecule has 1 aromatic rings. The Kier molecular flexibility index (Phi) is 1.64. The minimum atomic E-state index is 0.587. The molecular weight excluding hydrogens is 177 g/mol. The van der Waals surface area contributed by atoms with E-state index in [0.29, 0.717) is 17.1 Å². The van der Waals surface area contributed by atoms with Crippen LogP contribution in [0.15, 0.2) is 18.3 Å². The quantitative estimate of drug-likeness (QED) is 0.620. The van der Waals surface area contributed by atoms with Gasteiger partial charge in [-0.15, -0.1) is 0 Å². The molecule has 0 aliphatic carbocycles. The van der Waals surface area contributed by atoms with E-state index in [2.05, 4.69) is 16.6 Å². The van der Waals surface area contributed by atoms with Gasteiger partial charge in [0.1, 0.15) is 0 Å². The second-order valence-electron chi connectivity index (χ2n) is 1.16. The molecule has 0 saturated carbocycles. The van der Waals surface area contributed by atoms with E-state index in [-0.39, 0.29) is 0 Å². The van der Waals surface area contributed by atoms with Crippen molar-refractivity contribution in [2.75, 3.05) is 0 Å². The Morgan fingerprint density at radius 3 is 2.86 bits per heavy atom. The molecule has 0 fully saturated rings. The van der Waals surface area contributed by atoms with Crippen molar-refractivity contribution in [3.63, 3.8) is 0 Å². The number of aromatic nitrogens is 1. The second-order valence-corrected chi connectivity index (χ2v) is 2.86. The van der Waals surface area contributed by atoms with Crippen LogP contribution in [0.25, 0.3) is 0 Å². The van der Waals surface area contributed by atoms with Gasteiger partial charge in [0, 0.05) is 0 Å². The molecule has 1 N–H and O–H groups in total. The molecule has 1 aromatic heterocycles. The molecular formula is C5H7NRh. The van der Waals surface area contributed by atoms with Gasteiger partial charge in [-0.25, -0.2) is 0 Å². The third kappa shape index (κ3) is 1.13. The summed E-state index contributed by atoms with van der Waals surface area (Å²) in [4.78, 5) is 3.12. The summed E-state index contributed by atoms with van der Waals surface area (Å²) in [6.45, 7) is 0. The Bertz CT molecular complexity index is 123. The van der Waals surface area contributed by atoms with Gasteiger partial charge < -0.3 is 0 Å². The van der Waals surface area contributed by atoms with E-state index >= 15 is 0 Å². The van der Waals surface area contributed by atoms with Crippen molar-refractivity contribution in [3.05, 3.63) is 18.3 Å². The molecule has 1 heterocycles. The maximum absolute atomic E-state index is 3.12. The molecule has 2 heteroatoms. The summed E-state index contributed by atoms with van der Waals surface area (Å²) in [6, 6.07) is 4.14. The monoisotopic (exact) mass is 184 g/mol. The summed E-state index contributed by atoms with van der Waals surface area (Å²) in [5.74, 6) is 0. The van der Waals surface area contributed by atoms with Crippen molar-refractivity contribution in [1.29, 1.82) is 0 Å². The van der Waals surface area contributed by atoms with Crippen LogP contribution < -0.4 is 4.29 Å². The van der Waals surface area contributed by atoms with Gasteiger partial charge in [-0.1, -0.05) is 0 Å². The predicted molar refractivity (Wildman–Crippen MR) is 26.3 cm³/mol. The number of rotatable bonds is 1. The summed E-state index contributed by atoms with van der Waals surface area (Å²) in [7, 11) is 0. The molecule has 0 aliphatic heterocycles. The zero-order valence-electron chi connectivity index (χ0n) is 4.07. The molecule has 0 aliphatic rings. The summed E-state index contributed by atoms with van der Waals surface area (Å²) in [5.41, 5.74) is 2.20. The van der Waals surface area contributed by atoms with E-state index in [1.165, 1.54) is 4.29 Å². The molecule has 0 atom stereocenters. The molecule has 1 rings (SSSR count). The Morgan fingerprint density at radius 2 is 2.57 bits per heavy atom. The summed E-state index contributed by atoms with van der Waals surface area (Å²) < 4.78 is 1.38. The van der Waals surface area contributed by atoms with Gasteiger partial charge >= 0.3 is 50.2 Å².